The Kier molecular flexibility index (Phi) is 7.09. The van der Waals surface area contributed by atoms with Gasteiger partial charge in [0, 0.05) is 17.1 Å². The maximum atomic E-state index is 12.1. The number of carbonyl (C=O) groups is 2. The summed E-state index contributed by atoms with van der Waals surface area (Å²) in [5.41, 5.74) is 0.845. The van der Waals surface area contributed by atoms with Crippen molar-refractivity contribution < 1.29 is 14.0 Å². The van der Waals surface area contributed by atoms with E-state index in [1.807, 2.05) is 16.7 Å². The van der Waals surface area contributed by atoms with E-state index in [4.69, 9.17) is 16.0 Å². The molecular formula is C19H18ClN5O3S. The molecule has 0 saturated heterocycles. The monoisotopic (exact) mass is 431 g/mol. The number of furan rings is 1. The molecule has 0 fully saturated rings. The summed E-state index contributed by atoms with van der Waals surface area (Å²) in [6.45, 7) is 4.42. The molecule has 2 N–H and O–H groups in total. The Morgan fingerprint density at radius 3 is 2.72 bits per heavy atom. The van der Waals surface area contributed by atoms with Crippen LogP contribution in [-0.2, 0) is 17.9 Å². The third kappa shape index (κ3) is 5.72. The van der Waals surface area contributed by atoms with E-state index in [0.29, 0.717) is 28.3 Å². The number of amides is 3. The Morgan fingerprint density at radius 2 is 2.03 bits per heavy atom. The number of aromatic nitrogens is 3. The highest BCUT2D eigenvalue weighted by molar-refractivity contribution is 7.99. The first kappa shape index (κ1) is 20.7. The van der Waals surface area contributed by atoms with Gasteiger partial charge in [-0.2, -0.15) is 0 Å². The summed E-state index contributed by atoms with van der Waals surface area (Å²) >= 11 is 7.11. The summed E-state index contributed by atoms with van der Waals surface area (Å²) in [5, 5.41) is 14.3. The van der Waals surface area contributed by atoms with Crippen molar-refractivity contribution in [3.8, 4) is 11.4 Å². The van der Waals surface area contributed by atoms with Gasteiger partial charge in [-0.1, -0.05) is 29.4 Å². The van der Waals surface area contributed by atoms with E-state index >= 15 is 0 Å². The highest BCUT2D eigenvalue weighted by atomic mass is 35.5. The molecule has 150 valence electrons. The van der Waals surface area contributed by atoms with E-state index in [0.717, 1.165) is 5.56 Å². The first-order valence-corrected chi connectivity index (χ1v) is 9.96. The van der Waals surface area contributed by atoms with Crippen LogP contribution in [0.2, 0.25) is 5.02 Å². The first-order chi connectivity index (χ1) is 14.1. The average molecular weight is 432 g/mol. The van der Waals surface area contributed by atoms with E-state index in [1.54, 1.807) is 30.3 Å². The molecule has 0 radical (unpaired) electrons. The van der Waals surface area contributed by atoms with Crippen molar-refractivity contribution in [2.45, 2.75) is 18.2 Å². The van der Waals surface area contributed by atoms with Crippen LogP contribution in [0.1, 0.15) is 5.76 Å². The Balaban J connectivity index is 1.58. The van der Waals surface area contributed by atoms with Gasteiger partial charge >= 0.3 is 6.03 Å². The van der Waals surface area contributed by atoms with E-state index in [-0.39, 0.29) is 12.3 Å². The van der Waals surface area contributed by atoms with Crippen LogP contribution in [-0.4, -0.2) is 32.5 Å². The average Bonchev–Trinajstić information content (AvgIpc) is 3.36. The second-order valence-corrected chi connectivity index (χ2v) is 7.19. The lowest BCUT2D eigenvalue weighted by Gasteiger charge is -2.08. The number of allylic oxidation sites excluding steroid dienone is 1. The van der Waals surface area contributed by atoms with E-state index < -0.39 is 11.9 Å². The van der Waals surface area contributed by atoms with Gasteiger partial charge in [0.05, 0.1) is 18.6 Å². The van der Waals surface area contributed by atoms with Gasteiger partial charge in [-0.3, -0.25) is 14.7 Å². The van der Waals surface area contributed by atoms with Crippen molar-refractivity contribution >= 4 is 35.3 Å². The normalized spacial score (nSPS) is 10.5. The molecule has 3 aromatic rings. The molecule has 3 amide bonds. The van der Waals surface area contributed by atoms with Crippen molar-refractivity contribution in [2.24, 2.45) is 0 Å². The Hall–Kier alpha value is -3.04. The van der Waals surface area contributed by atoms with Gasteiger partial charge in [-0.25, -0.2) is 4.79 Å². The van der Waals surface area contributed by atoms with Gasteiger partial charge in [0.15, 0.2) is 11.0 Å². The molecule has 0 saturated carbocycles. The standard InChI is InChI=1S/C19H18ClN5O3S/c1-2-9-25-17(13-5-7-14(20)8-6-13)23-24-19(25)29-12-16(26)22-18(27)21-11-15-4-3-10-28-15/h2-8,10H,1,9,11-12H2,(H2,21,22,26,27). The zero-order valence-electron chi connectivity index (χ0n) is 15.3. The molecule has 8 nitrogen and oxygen atoms in total. The molecule has 3 rings (SSSR count). The number of imide groups is 1. The number of hydrogen-bond acceptors (Lipinski definition) is 6. The second kappa shape index (κ2) is 9.94. The highest BCUT2D eigenvalue weighted by Gasteiger charge is 2.16. The molecular weight excluding hydrogens is 414 g/mol. The number of nitrogens with one attached hydrogen (secondary N) is 2. The SMILES string of the molecule is C=CCn1c(SCC(=O)NC(=O)NCc2ccco2)nnc1-c1ccc(Cl)cc1. The number of rotatable bonds is 8. The Labute approximate surface area is 176 Å². The van der Waals surface area contributed by atoms with Crippen LogP contribution < -0.4 is 10.6 Å². The van der Waals surface area contributed by atoms with Gasteiger partial charge in [0.25, 0.3) is 0 Å². The number of carbonyl (C=O) groups excluding carboxylic acids is 2. The van der Waals surface area contributed by atoms with Crippen LogP contribution in [0.25, 0.3) is 11.4 Å². The zero-order valence-corrected chi connectivity index (χ0v) is 16.9. The lowest BCUT2D eigenvalue weighted by molar-refractivity contribution is -0.117. The van der Waals surface area contributed by atoms with Crippen LogP contribution in [0.5, 0.6) is 0 Å². The summed E-state index contributed by atoms with van der Waals surface area (Å²) < 4.78 is 6.95. The summed E-state index contributed by atoms with van der Waals surface area (Å²) in [4.78, 5) is 23.9. The molecule has 1 aromatic carbocycles. The predicted molar refractivity (Wildman–Crippen MR) is 110 cm³/mol. The number of urea groups is 1. The summed E-state index contributed by atoms with van der Waals surface area (Å²) in [6.07, 6.45) is 3.23. The second-order valence-electron chi connectivity index (χ2n) is 5.81. The number of hydrogen-bond donors (Lipinski definition) is 2. The molecule has 0 spiro atoms. The Morgan fingerprint density at radius 1 is 1.24 bits per heavy atom. The quantitative estimate of drug-likeness (QED) is 0.418. The van der Waals surface area contributed by atoms with Crippen molar-refractivity contribution in [1.29, 1.82) is 0 Å². The minimum Gasteiger partial charge on any atom is -0.467 e. The molecule has 0 unspecified atom stereocenters. The van der Waals surface area contributed by atoms with Crippen LogP contribution in [0.4, 0.5) is 4.79 Å². The Bertz CT molecular complexity index is 986. The lowest BCUT2D eigenvalue weighted by atomic mass is 10.2. The highest BCUT2D eigenvalue weighted by Crippen LogP contribution is 2.25. The van der Waals surface area contributed by atoms with Crippen LogP contribution in [0, 0.1) is 0 Å². The fraction of sp³-hybridized carbons (Fsp3) is 0.158. The van der Waals surface area contributed by atoms with Gasteiger partial charge < -0.3 is 9.73 Å². The van der Waals surface area contributed by atoms with Crippen molar-refractivity contribution in [3.05, 3.63) is 66.1 Å². The van der Waals surface area contributed by atoms with Gasteiger partial charge in [-0.05, 0) is 36.4 Å². The fourth-order valence-electron chi connectivity index (χ4n) is 2.42. The smallest absolute Gasteiger partial charge is 0.321 e. The largest absolute Gasteiger partial charge is 0.467 e. The molecule has 29 heavy (non-hydrogen) atoms. The van der Waals surface area contributed by atoms with E-state index in [2.05, 4.69) is 27.4 Å². The topological polar surface area (TPSA) is 102 Å². The van der Waals surface area contributed by atoms with Crippen LogP contribution in [0.15, 0.2) is 64.9 Å². The van der Waals surface area contributed by atoms with Crippen molar-refractivity contribution in [3.63, 3.8) is 0 Å². The first-order valence-electron chi connectivity index (χ1n) is 8.59. The molecule has 2 heterocycles. The summed E-state index contributed by atoms with van der Waals surface area (Å²) in [5.74, 6) is 0.785. The predicted octanol–water partition coefficient (Wildman–Crippen LogP) is 3.50. The third-order valence-corrected chi connectivity index (χ3v) is 4.94. The number of halogens is 1. The maximum absolute atomic E-state index is 12.1. The molecule has 0 aliphatic rings. The van der Waals surface area contributed by atoms with Crippen LogP contribution in [0.3, 0.4) is 0 Å². The molecule has 2 aromatic heterocycles. The molecule has 10 heteroatoms. The molecule has 0 bridgehead atoms. The summed E-state index contributed by atoms with van der Waals surface area (Å²) in [6, 6.07) is 10.1. The maximum Gasteiger partial charge on any atom is 0.321 e. The lowest BCUT2D eigenvalue weighted by Crippen LogP contribution is -2.39. The molecule has 0 aliphatic heterocycles. The summed E-state index contributed by atoms with van der Waals surface area (Å²) in [7, 11) is 0. The number of benzene rings is 1. The molecule has 0 aliphatic carbocycles. The van der Waals surface area contributed by atoms with Crippen molar-refractivity contribution in [2.75, 3.05) is 5.75 Å². The zero-order chi connectivity index (χ0) is 20.6. The van der Waals surface area contributed by atoms with Crippen molar-refractivity contribution in [1.82, 2.24) is 25.4 Å². The van der Waals surface area contributed by atoms with Gasteiger partial charge in [-0.15, -0.1) is 16.8 Å². The van der Waals surface area contributed by atoms with E-state index in [1.165, 1.54) is 18.0 Å². The van der Waals surface area contributed by atoms with Gasteiger partial charge in [0.2, 0.25) is 5.91 Å². The fourth-order valence-corrected chi connectivity index (χ4v) is 3.29. The van der Waals surface area contributed by atoms with Crippen LogP contribution >= 0.6 is 23.4 Å². The number of thioether (sulfide) groups is 1. The number of nitrogens with zero attached hydrogens (tertiary/aromatic N) is 3. The minimum absolute atomic E-state index is 0.00403. The molecule has 0 atom stereocenters. The van der Waals surface area contributed by atoms with Gasteiger partial charge in [0.1, 0.15) is 5.76 Å². The third-order valence-electron chi connectivity index (χ3n) is 3.72. The minimum atomic E-state index is -0.596. The van der Waals surface area contributed by atoms with E-state index in [9.17, 15) is 9.59 Å².